The Bertz CT molecular complexity index is 821. The van der Waals surface area contributed by atoms with Crippen molar-refractivity contribution in [1.29, 1.82) is 0 Å². The average Bonchev–Trinajstić information content (AvgIpc) is 3.24. The molecule has 3 N–H and O–H groups in total. The van der Waals surface area contributed by atoms with Crippen molar-refractivity contribution in [3.8, 4) is 5.75 Å². The number of methoxy groups -OCH3 is 1. The van der Waals surface area contributed by atoms with Crippen LogP contribution in [0.15, 0.2) is 24.3 Å². The van der Waals surface area contributed by atoms with Crippen LogP contribution in [0.25, 0.3) is 0 Å². The smallest absolute Gasteiger partial charge is 0.325 e. The van der Waals surface area contributed by atoms with Gasteiger partial charge >= 0.3 is 12.1 Å². The molecule has 1 saturated heterocycles. The number of ether oxygens (including phenoxy) is 1. The van der Waals surface area contributed by atoms with Crippen molar-refractivity contribution in [3.05, 3.63) is 29.8 Å². The van der Waals surface area contributed by atoms with E-state index >= 15 is 0 Å². The van der Waals surface area contributed by atoms with Gasteiger partial charge in [0.05, 0.1) is 7.11 Å². The molecule has 1 aliphatic heterocycles. The number of amides is 6. The normalized spacial score (nSPS) is 21.8. The summed E-state index contributed by atoms with van der Waals surface area (Å²) in [5, 5.41) is 7.57. The maximum atomic E-state index is 12.9. The van der Waals surface area contributed by atoms with Gasteiger partial charge in [0.15, 0.2) is 0 Å². The molecule has 0 aromatic heterocycles. The predicted octanol–water partition coefficient (Wildman–Crippen LogP) is 1.32. The Morgan fingerprint density at radius 1 is 1.24 bits per heavy atom. The quantitative estimate of drug-likeness (QED) is 0.621. The molecule has 29 heavy (non-hydrogen) atoms. The van der Waals surface area contributed by atoms with E-state index < -0.39 is 36.0 Å². The molecule has 1 atom stereocenters. The number of benzene rings is 1. The van der Waals surface area contributed by atoms with Gasteiger partial charge in [-0.05, 0) is 31.4 Å². The van der Waals surface area contributed by atoms with Crippen LogP contribution >= 0.6 is 0 Å². The lowest BCUT2D eigenvalue weighted by Gasteiger charge is -2.22. The van der Waals surface area contributed by atoms with Gasteiger partial charge in [0, 0.05) is 12.5 Å². The molecule has 0 spiro atoms. The lowest BCUT2D eigenvalue weighted by Crippen LogP contribution is -2.49. The lowest BCUT2D eigenvalue weighted by atomic mass is 9.92. The zero-order valence-corrected chi connectivity index (χ0v) is 16.6. The first-order valence-electron chi connectivity index (χ1n) is 9.69. The minimum absolute atomic E-state index is 0.0589. The Balaban J connectivity index is 1.60. The topological polar surface area (TPSA) is 117 Å². The van der Waals surface area contributed by atoms with E-state index in [1.165, 1.54) is 7.11 Å². The fourth-order valence-corrected chi connectivity index (χ4v) is 3.84. The third-order valence-electron chi connectivity index (χ3n) is 5.33. The fourth-order valence-electron chi connectivity index (χ4n) is 3.84. The maximum Gasteiger partial charge on any atom is 0.325 e. The van der Waals surface area contributed by atoms with Crippen LogP contribution < -0.4 is 20.7 Å². The molecular weight excluding hydrogens is 376 g/mol. The van der Waals surface area contributed by atoms with E-state index in [1.807, 2.05) is 18.2 Å². The summed E-state index contributed by atoms with van der Waals surface area (Å²) in [6.07, 6.45) is 4.08. The molecule has 0 unspecified atom stereocenters. The monoisotopic (exact) mass is 402 g/mol. The van der Waals surface area contributed by atoms with Crippen LogP contribution in [0.2, 0.25) is 0 Å². The Morgan fingerprint density at radius 2 is 1.93 bits per heavy atom. The number of para-hydroxylation sites is 1. The number of rotatable bonds is 6. The van der Waals surface area contributed by atoms with Crippen molar-refractivity contribution in [2.45, 2.75) is 50.6 Å². The second kappa shape index (κ2) is 8.50. The molecule has 0 bridgehead atoms. The van der Waals surface area contributed by atoms with Gasteiger partial charge in [-0.15, -0.1) is 0 Å². The zero-order chi connectivity index (χ0) is 21.0. The number of urea groups is 2. The van der Waals surface area contributed by atoms with Gasteiger partial charge in [-0.1, -0.05) is 31.0 Å². The zero-order valence-electron chi connectivity index (χ0n) is 16.6. The number of hydrogen-bond donors (Lipinski definition) is 3. The second-order valence-electron chi connectivity index (χ2n) is 7.65. The first-order valence-corrected chi connectivity index (χ1v) is 9.69. The summed E-state index contributed by atoms with van der Waals surface area (Å²) < 4.78 is 5.31. The van der Waals surface area contributed by atoms with Crippen molar-refractivity contribution in [2.75, 3.05) is 13.7 Å². The van der Waals surface area contributed by atoms with E-state index in [9.17, 15) is 19.2 Å². The molecule has 156 valence electrons. The van der Waals surface area contributed by atoms with Crippen molar-refractivity contribution in [2.24, 2.45) is 0 Å². The lowest BCUT2D eigenvalue weighted by molar-refractivity contribution is -0.134. The molecule has 6 amide bonds. The summed E-state index contributed by atoms with van der Waals surface area (Å²) in [6, 6.07) is 6.00. The van der Waals surface area contributed by atoms with Crippen LogP contribution in [0.4, 0.5) is 9.59 Å². The van der Waals surface area contributed by atoms with Crippen molar-refractivity contribution < 1.29 is 23.9 Å². The van der Waals surface area contributed by atoms with Crippen LogP contribution in [0.3, 0.4) is 0 Å². The van der Waals surface area contributed by atoms with Gasteiger partial charge in [0.2, 0.25) is 5.91 Å². The summed E-state index contributed by atoms with van der Waals surface area (Å²) in [5.74, 6) is -0.638. The summed E-state index contributed by atoms with van der Waals surface area (Å²) >= 11 is 0. The third-order valence-corrected chi connectivity index (χ3v) is 5.33. The molecule has 3 rings (SSSR count). The molecule has 1 saturated carbocycles. The minimum Gasteiger partial charge on any atom is -0.496 e. The molecule has 9 heteroatoms. The number of hydrogen-bond acceptors (Lipinski definition) is 5. The van der Waals surface area contributed by atoms with Gasteiger partial charge in [0.25, 0.3) is 5.91 Å². The van der Waals surface area contributed by atoms with Crippen LogP contribution in [-0.4, -0.2) is 54.0 Å². The summed E-state index contributed by atoms with van der Waals surface area (Å²) in [4.78, 5) is 50.1. The predicted molar refractivity (Wildman–Crippen MR) is 104 cm³/mol. The Kier molecular flexibility index (Phi) is 6.05. The number of nitrogens with one attached hydrogen (secondary N) is 3. The van der Waals surface area contributed by atoms with Crippen LogP contribution in [0, 0.1) is 0 Å². The highest BCUT2D eigenvalue weighted by molar-refractivity contribution is 6.10. The van der Waals surface area contributed by atoms with Gasteiger partial charge in [0.1, 0.15) is 17.8 Å². The summed E-state index contributed by atoms with van der Waals surface area (Å²) in [5.41, 5.74) is -0.452. The van der Waals surface area contributed by atoms with Crippen molar-refractivity contribution >= 4 is 23.9 Å². The highest BCUT2D eigenvalue weighted by Gasteiger charge is 2.48. The maximum absolute atomic E-state index is 12.9. The minimum atomic E-state index is -1.21. The Morgan fingerprint density at radius 3 is 2.62 bits per heavy atom. The average molecular weight is 402 g/mol. The molecule has 1 heterocycles. The fraction of sp³-hybridized carbons (Fsp3) is 0.500. The van der Waals surface area contributed by atoms with E-state index in [-0.39, 0.29) is 12.5 Å². The highest BCUT2D eigenvalue weighted by atomic mass is 16.5. The first kappa shape index (κ1) is 20.6. The van der Waals surface area contributed by atoms with E-state index in [4.69, 9.17) is 4.74 Å². The second-order valence-corrected chi connectivity index (χ2v) is 7.65. The molecule has 2 fully saturated rings. The van der Waals surface area contributed by atoms with Crippen molar-refractivity contribution in [1.82, 2.24) is 20.9 Å². The van der Waals surface area contributed by atoms with Gasteiger partial charge in [-0.2, -0.15) is 0 Å². The Labute approximate surface area is 169 Å². The number of carbonyl (C=O) groups is 4. The molecule has 1 aromatic carbocycles. The summed E-state index contributed by atoms with van der Waals surface area (Å²) in [7, 11) is 1.53. The van der Waals surface area contributed by atoms with Gasteiger partial charge in [-0.3, -0.25) is 19.8 Å². The van der Waals surface area contributed by atoms with Gasteiger partial charge in [-0.25, -0.2) is 9.59 Å². The molecule has 9 nitrogen and oxygen atoms in total. The van der Waals surface area contributed by atoms with E-state index in [0.717, 1.165) is 36.1 Å². The van der Waals surface area contributed by atoms with E-state index in [2.05, 4.69) is 16.0 Å². The Hall–Kier alpha value is -3.10. The van der Waals surface area contributed by atoms with E-state index in [1.54, 1.807) is 13.0 Å². The van der Waals surface area contributed by atoms with Crippen LogP contribution in [0.1, 0.15) is 38.2 Å². The summed E-state index contributed by atoms with van der Waals surface area (Å²) in [6.45, 7) is 1.08. The molecule has 2 aliphatic rings. The van der Waals surface area contributed by atoms with Crippen molar-refractivity contribution in [3.63, 3.8) is 0 Å². The SMILES string of the molecule is COc1ccccc1C[C@]1(C)NC(=O)N(CC(=O)NC(=O)NC2CCCC2)C1=O. The standard InChI is InChI=1S/C20H26N4O5/c1-20(11-13-7-3-6-10-15(13)29-2)17(26)24(19(28)23-20)12-16(25)22-18(27)21-14-8-4-5-9-14/h3,6-7,10,14H,4-5,8-9,11-12H2,1-2H3,(H,23,28)(H2,21,22,25,27)/t20-/m0/s1. The van der Waals surface area contributed by atoms with Crippen LogP contribution in [-0.2, 0) is 16.0 Å². The van der Waals surface area contributed by atoms with Gasteiger partial charge < -0.3 is 15.4 Å². The van der Waals surface area contributed by atoms with E-state index in [0.29, 0.717) is 5.75 Å². The highest BCUT2D eigenvalue weighted by Crippen LogP contribution is 2.27. The molecule has 1 aromatic rings. The number of imide groups is 2. The largest absolute Gasteiger partial charge is 0.496 e. The van der Waals surface area contributed by atoms with Crippen LogP contribution in [0.5, 0.6) is 5.75 Å². The molecule has 0 radical (unpaired) electrons. The first-order chi connectivity index (χ1) is 13.8. The molecular formula is C20H26N4O5. The third kappa shape index (κ3) is 4.67. The number of nitrogens with zero attached hydrogens (tertiary/aromatic N) is 1. The number of carbonyl (C=O) groups excluding carboxylic acids is 4. The molecule has 1 aliphatic carbocycles.